The van der Waals surface area contributed by atoms with E-state index < -0.39 is 0 Å². The number of nitrogens with one attached hydrogen (secondary N) is 1. The molecule has 5 heteroatoms. The Morgan fingerprint density at radius 3 is 2.53 bits per heavy atom. The molecule has 1 aliphatic heterocycles. The molecule has 0 aliphatic carbocycles. The number of hydrogen-bond donors (Lipinski definition) is 1. The van der Waals surface area contributed by atoms with Crippen molar-refractivity contribution in [2.24, 2.45) is 0 Å². The van der Waals surface area contributed by atoms with Gasteiger partial charge in [0.1, 0.15) is 0 Å². The van der Waals surface area contributed by atoms with Gasteiger partial charge in [0, 0.05) is 12.5 Å². The molecule has 0 saturated carbocycles. The highest BCUT2D eigenvalue weighted by Crippen LogP contribution is 2.38. The first-order chi connectivity index (χ1) is 8.73. The molecule has 2 rings (SSSR count). The highest BCUT2D eigenvalue weighted by molar-refractivity contribution is 5.02. The molecule has 0 spiro atoms. The van der Waals surface area contributed by atoms with Gasteiger partial charge < -0.3 is 14.6 Å². The van der Waals surface area contributed by atoms with E-state index in [1.807, 2.05) is 13.8 Å². The van der Waals surface area contributed by atoms with Gasteiger partial charge >= 0.3 is 0 Å². The van der Waals surface area contributed by atoms with Crippen LogP contribution in [0.4, 0.5) is 0 Å². The standard InChI is InChI=1S/C14H25N3O2/c1-7-11-16-12(18-17-11)9(2)15-10-8-13(3,4)19-14(10,5)6/h9-10,15H,7-8H2,1-6H3/t9-,10-/m0/s1. The molecule has 0 unspecified atom stereocenters. The van der Waals surface area contributed by atoms with E-state index in [1.165, 1.54) is 0 Å². The summed E-state index contributed by atoms with van der Waals surface area (Å²) in [6.45, 7) is 12.6. The Kier molecular flexibility index (Phi) is 3.71. The van der Waals surface area contributed by atoms with Gasteiger partial charge in [-0.15, -0.1) is 0 Å². The Morgan fingerprint density at radius 1 is 1.37 bits per heavy atom. The van der Waals surface area contributed by atoms with Crippen LogP contribution >= 0.6 is 0 Å². The van der Waals surface area contributed by atoms with Crippen molar-refractivity contribution < 1.29 is 9.26 Å². The van der Waals surface area contributed by atoms with Crippen LogP contribution in [0.5, 0.6) is 0 Å². The number of hydrogen-bond acceptors (Lipinski definition) is 5. The van der Waals surface area contributed by atoms with Gasteiger partial charge in [-0.05, 0) is 41.0 Å². The molecule has 1 aromatic rings. The van der Waals surface area contributed by atoms with Gasteiger partial charge in [-0.1, -0.05) is 12.1 Å². The van der Waals surface area contributed by atoms with Gasteiger partial charge in [0.25, 0.3) is 0 Å². The summed E-state index contributed by atoms with van der Waals surface area (Å²) < 4.78 is 11.4. The molecule has 2 heterocycles. The highest BCUT2D eigenvalue weighted by Gasteiger charge is 2.46. The van der Waals surface area contributed by atoms with Crippen LogP contribution in [0.1, 0.15) is 65.7 Å². The minimum absolute atomic E-state index is 0.0366. The van der Waals surface area contributed by atoms with E-state index in [4.69, 9.17) is 9.26 Å². The highest BCUT2D eigenvalue weighted by atomic mass is 16.5. The minimum atomic E-state index is -0.189. The van der Waals surface area contributed by atoms with Crippen molar-refractivity contribution in [2.45, 2.75) is 77.7 Å². The second kappa shape index (κ2) is 4.87. The SMILES string of the molecule is CCc1noc([C@H](C)N[C@H]2CC(C)(C)OC2(C)C)n1. The Labute approximate surface area is 115 Å². The van der Waals surface area contributed by atoms with E-state index in [0.717, 1.165) is 18.7 Å². The number of aromatic nitrogens is 2. The van der Waals surface area contributed by atoms with Crippen molar-refractivity contribution in [1.29, 1.82) is 0 Å². The van der Waals surface area contributed by atoms with Gasteiger partial charge in [-0.25, -0.2) is 0 Å². The van der Waals surface area contributed by atoms with Gasteiger partial charge in [-0.2, -0.15) is 4.98 Å². The summed E-state index contributed by atoms with van der Waals surface area (Å²) in [5.41, 5.74) is -0.282. The smallest absolute Gasteiger partial charge is 0.243 e. The van der Waals surface area contributed by atoms with E-state index in [2.05, 4.69) is 43.2 Å². The zero-order valence-electron chi connectivity index (χ0n) is 12.8. The second-order valence-corrected chi connectivity index (χ2v) is 6.51. The Hall–Kier alpha value is -0.940. The van der Waals surface area contributed by atoms with Crippen LogP contribution in [0.2, 0.25) is 0 Å². The summed E-state index contributed by atoms with van der Waals surface area (Å²) >= 11 is 0. The Bertz CT molecular complexity index is 440. The van der Waals surface area contributed by atoms with E-state index in [-0.39, 0.29) is 23.3 Å². The largest absolute Gasteiger partial charge is 0.368 e. The summed E-state index contributed by atoms with van der Waals surface area (Å²) in [5, 5.41) is 7.50. The molecule has 1 aliphatic rings. The molecule has 1 aromatic heterocycles. The summed E-state index contributed by atoms with van der Waals surface area (Å²) in [4.78, 5) is 4.37. The molecule has 0 bridgehead atoms. The predicted octanol–water partition coefficient (Wildman–Crippen LogP) is 2.63. The predicted molar refractivity (Wildman–Crippen MR) is 72.9 cm³/mol. The van der Waals surface area contributed by atoms with Crippen molar-refractivity contribution in [1.82, 2.24) is 15.5 Å². The number of aryl methyl sites for hydroxylation is 1. The molecular formula is C14H25N3O2. The van der Waals surface area contributed by atoms with Crippen LogP contribution in [0.15, 0.2) is 4.52 Å². The molecule has 19 heavy (non-hydrogen) atoms. The van der Waals surface area contributed by atoms with Crippen LogP contribution < -0.4 is 5.32 Å². The fraction of sp³-hybridized carbons (Fsp3) is 0.857. The van der Waals surface area contributed by atoms with Gasteiger partial charge in [0.2, 0.25) is 5.89 Å². The molecule has 0 aromatic carbocycles. The topological polar surface area (TPSA) is 60.2 Å². The summed E-state index contributed by atoms with van der Waals surface area (Å²) in [5.74, 6) is 1.41. The number of rotatable bonds is 4. The van der Waals surface area contributed by atoms with Crippen LogP contribution in [0, 0.1) is 0 Å². The third-order valence-electron chi connectivity index (χ3n) is 3.70. The van der Waals surface area contributed by atoms with Crippen molar-refractivity contribution in [3.05, 3.63) is 11.7 Å². The van der Waals surface area contributed by atoms with Crippen LogP contribution in [-0.2, 0) is 11.2 Å². The van der Waals surface area contributed by atoms with Crippen molar-refractivity contribution in [2.75, 3.05) is 0 Å². The van der Waals surface area contributed by atoms with Crippen molar-refractivity contribution >= 4 is 0 Å². The van der Waals surface area contributed by atoms with E-state index in [9.17, 15) is 0 Å². The van der Waals surface area contributed by atoms with E-state index in [0.29, 0.717) is 5.89 Å². The summed E-state index contributed by atoms with van der Waals surface area (Å²) in [6, 6.07) is 0.309. The number of nitrogens with zero attached hydrogens (tertiary/aromatic N) is 2. The molecule has 1 fully saturated rings. The molecular weight excluding hydrogens is 242 g/mol. The molecule has 108 valence electrons. The number of ether oxygens (including phenoxy) is 1. The third kappa shape index (κ3) is 3.15. The van der Waals surface area contributed by atoms with Gasteiger partial charge in [0.15, 0.2) is 5.82 Å². The Morgan fingerprint density at radius 2 is 2.05 bits per heavy atom. The normalized spacial score (nSPS) is 26.5. The van der Waals surface area contributed by atoms with E-state index >= 15 is 0 Å². The van der Waals surface area contributed by atoms with Crippen molar-refractivity contribution in [3.63, 3.8) is 0 Å². The average Bonchev–Trinajstić information content (AvgIpc) is 2.81. The lowest BCUT2D eigenvalue weighted by molar-refractivity contribution is -0.0705. The maximum Gasteiger partial charge on any atom is 0.243 e. The first kappa shape index (κ1) is 14.5. The molecule has 1 N–H and O–H groups in total. The second-order valence-electron chi connectivity index (χ2n) is 6.51. The first-order valence-electron chi connectivity index (χ1n) is 7.02. The summed E-state index contributed by atoms with van der Waals surface area (Å²) in [6.07, 6.45) is 1.76. The van der Waals surface area contributed by atoms with Crippen LogP contribution in [-0.4, -0.2) is 27.4 Å². The zero-order chi connectivity index (χ0) is 14.3. The molecule has 1 saturated heterocycles. The average molecular weight is 267 g/mol. The molecule has 2 atom stereocenters. The monoisotopic (exact) mass is 267 g/mol. The van der Waals surface area contributed by atoms with Gasteiger partial charge in [0.05, 0.1) is 17.2 Å². The fourth-order valence-corrected chi connectivity index (χ4v) is 2.78. The lowest BCUT2D eigenvalue weighted by Gasteiger charge is -2.29. The minimum Gasteiger partial charge on any atom is -0.368 e. The Balaban J connectivity index is 2.04. The molecule has 0 radical (unpaired) electrons. The quantitative estimate of drug-likeness (QED) is 0.908. The molecule has 5 nitrogen and oxygen atoms in total. The first-order valence-corrected chi connectivity index (χ1v) is 7.02. The lowest BCUT2D eigenvalue weighted by atomic mass is 9.94. The van der Waals surface area contributed by atoms with Crippen LogP contribution in [0.25, 0.3) is 0 Å². The summed E-state index contributed by atoms with van der Waals surface area (Å²) in [7, 11) is 0. The maximum atomic E-state index is 6.08. The maximum absolute atomic E-state index is 6.08. The van der Waals surface area contributed by atoms with Crippen LogP contribution in [0.3, 0.4) is 0 Å². The fourth-order valence-electron chi connectivity index (χ4n) is 2.78. The third-order valence-corrected chi connectivity index (χ3v) is 3.70. The molecule has 0 amide bonds. The van der Waals surface area contributed by atoms with Crippen molar-refractivity contribution in [3.8, 4) is 0 Å². The zero-order valence-corrected chi connectivity index (χ0v) is 12.8. The lowest BCUT2D eigenvalue weighted by Crippen LogP contribution is -2.44. The van der Waals surface area contributed by atoms with Gasteiger partial charge in [-0.3, -0.25) is 0 Å². The van der Waals surface area contributed by atoms with E-state index in [1.54, 1.807) is 0 Å².